The van der Waals surface area contributed by atoms with Crippen molar-refractivity contribution in [2.45, 2.75) is 25.7 Å². The van der Waals surface area contributed by atoms with Crippen LogP contribution in [0.15, 0.2) is 24.4 Å². The molecule has 0 N–H and O–H groups in total. The van der Waals surface area contributed by atoms with Crippen molar-refractivity contribution in [1.82, 2.24) is 9.38 Å². The van der Waals surface area contributed by atoms with E-state index in [0.717, 1.165) is 23.9 Å². The summed E-state index contributed by atoms with van der Waals surface area (Å²) in [5.74, 6) is -1.66. The maximum absolute atomic E-state index is 13.8. The zero-order valence-electron chi connectivity index (χ0n) is 10.7. The van der Waals surface area contributed by atoms with E-state index in [-0.39, 0.29) is 5.56 Å². The van der Waals surface area contributed by atoms with Gasteiger partial charge in [0.25, 0.3) is 0 Å². The minimum absolute atomic E-state index is 0.227. The van der Waals surface area contributed by atoms with E-state index in [1.807, 2.05) is 10.6 Å². The molecule has 3 aromatic rings. The molecule has 0 fully saturated rings. The Morgan fingerprint density at radius 2 is 2.00 bits per heavy atom. The van der Waals surface area contributed by atoms with Crippen LogP contribution in [0.3, 0.4) is 0 Å². The summed E-state index contributed by atoms with van der Waals surface area (Å²) in [6.45, 7) is 0. The summed E-state index contributed by atoms with van der Waals surface area (Å²) in [5, 5.41) is 0. The summed E-state index contributed by atoms with van der Waals surface area (Å²) >= 11 is 1.66. The summed E-state index contributed by atoms with van der Waals surface area (Å²) in [4.78, 5) is 6.72. The average molecular weight is 290 g/mol. The molecule has 0 aliphatic heterocycles. The number of imidazole rings is 1. The molecule has 0 amide bonds. The van der Waals surface area contributed by atoms with E-state index in [4.69, 9.17) is 0 Å². The number of hydrogen-bond acceptors (Lipinski definition) is 2. The fraction of sp³-hybridized carbons (Fsp3) is 0.267. The third-order valence-electron chi connectivity index (χ3n) is 3.80. The van der Waals surface area contributed by atoms with Crippen LogP contribution in [0.1, 0.15) is 23.4 Å². The Hall–Kier alpha value is -1.75. The first-order chi connectivity index (χ1) is 9.74. The van der Waals surface area contributed by atoms with Crippen molar-refractivity contribution in [3.05, 3.63) is 46.6 Å². The predicted molar refractivity (Wildman–Crippen MR) is 75.1 cm³/mol. The smallest absolute Gasteiger partial charge is 0.194 e. The summed E-state index contributed by atoms with van der Waals surface area (Å²) in [7, 11) is 0. The van der Waals surface area contributed by atoms with Crippen LogP contribution in [-0.4, -0.2) is 9.38 Å². The topological polar surface area (TPSA) is 17.3 Å². The Balaban J connectivity index is 1.89. The third-order valence-corrected chi connectivity index (χ3v) is 4.95. The molecule has 4 rings (SSSR count). The highest BCUT2D eigenvalue weighted by molar-refractivity contribution is 7.17. The second-order valence-corrected chi connectivity index (χ2v) is 6.12. The van der Waals surface area contributed by atoms with Crippen molar-refractivity contribution in [1.29, 1.82) is 0 Å². The van der Waals surface area contributed by atoms with E-state index < -0.39 is 11.6 Å². The third kappa shape index (κ3) is 1.69. The van der Waals surface area contributed by atoms with Gasteiger partial charge >= 0.3 is 0 Å². The number of rotatable bonds is 1. The SMILES string of the molecule is Fc1cccc(-c2cn3c4c(sc3n2)CCCC4)c1F. The van der Waals surface area contributed by atoms with Gasteiger partial charge in [0.05, 0.1) is 5.69 Å². The molecule has 0 saturated heterocycles. The van der Waals surface area contributed by atoms with E-state index >= 15 is 0 Å². The number of fused-ring (bicyclic) bond motifs is 3. The van der Waals surface area contributed by atoms with Crippen molar-refractivity contribution in [2.75, 3.05) is 0 Å². The van der Waals surface area contributed by atoms with Crippen LogP contribution >= 0.6 is 11.3 Å². The van der Waals surface area contributed by atoms with Crippen LogP contribution in [0.2, 0.25) is 0 Å². The summed E-state index contributed by atoms with van der Waals surface area (Å²) in [5.41, 5.74) is 2.01. The fourth-order valence-corrected chi connectivity index (χ4v) is 3.99. The molecule has 20 heavy (non-hydrogen) atoms. The van der Waals surface area contributed by atoms with Crippen molar-refractivity contribution < 1.29 is 8.78 Å². The quantitative estimate of drug-likeness (QED) is 0.656. The number of benzene rings is 1. The fourth-order valence-electron chi connectivity index (χ4n) is 2.80. The number of hydrogen-bond donors (Lipinski definition) is 0. The monoisotopic (exact) mass is 290 g/mol. The lowest BCUT2D eigenvalue weighted by atomic mass is 10.0. The summed E-state index contributed by atoms with van der Waals surface area (Å²) in [6.07, 6.45) is 6.38. The van der Waals surface area contributed by atoms with Crippen LogP contribution in [0.5, 0.6) is 0 Å². The molecular weight excluding hydrogens is 278 g/mol. The van der Waals surface area contributed by atoms with Gasteiger partial charge in [0.15, 0.2) is 16.6 Å². The van der Waals surface area contributed by atoms with Gasteiger partial charge < -0.3 is 0 Å². The molecule has 1 aliphatic carbocycles. The minimum Gasteiger partial charge on any atom is -0.294 e. The maximum Gasteiger partial charge on any atom is 0.194 e. The van der Waals surface area contributed by atoms with Crippen molar-refractivity contribution in [2.24, 2.45) is 0 Å². The van der Waals surface area contributed by atoms with Gasteiger partial charge in [-0.25, -0.2) is 13.8 Å². The molecule has 2 heterocycles. The highest BCUT2D eigenvalue weighted by Gasteiger charge is 2.19. The molecule has 5 heteroatoms. The molecule has 0 bridgehead atoms. The van der Waals surface area contributed by atoms with Crippen molar-refractivity contribution in [3.63, 3.8) is 0 Å². The van der Waals surface area contributed by atoms with Gasteiger partial charge in [-0.3, -0.25) is 4.40 Å². The Kier molecular flexibility index (Phi) is 2.63. The van der Waals surface area contributed by atoms with Gasteiger partial charge in [-0.15, -0.1) is 11.3 Å². The van der Waals surface area contributed by atoms with Gasteiger partial charge in [-0.2, -0.15) is 0 Å². The molecule has 0 radical (unpaired) electrons. The summed E-state index contributed by atoms with van der Waals surface area (Å²) in [6, 6.07) is 4.20. The Bertz CT molecular complexity index is 804. The first kappa shape index (κ1) is 12.0. The number of halogens is 2. The molecule has 2 aromatic heterocycles. The Morgan fingerprint density at radius 1 is 1.15 bits per heavy atom. The van der Waals surface area contributed by atoms with E-state index in [1.165, 1.54) is 29.5 Å². The molecule has 102 valence electrons. The molecule has 0 saturated carbocycles. The number of aryl methyl sites for hydroxylation is 2. The lowest BCUT2D eigenvalue weighted by Crippen LogP contribution is -2.01. The lowest BCUT2D eigenvalue weighted by Gasteiger charge is -2.09. The van der Waals surface area contributed by atoms with Gasteiger partial charge in [-0.05, 0) is 37.8 Å². The van der Waals surface area contributed by atoms with E-state index in [1.54, 1.807) is 17.4 Å². The lowest BCUT2D eigenvalue weighted by molar-refractivity contribution is 0.511. The van der Waals surface area contributed by atoms with Gasteiger partial charge in [0.2, 0.25) is 0 Å². The maximum atomic E-state index is 13.8. The van der Waals surface area contributed by atoms with Crippen LogP contribution in [0.25, 0.3) is 16.2 Å². The first-order valence-corrected chi connectivity index (χ1v) is 7.50. The highest BCUT2D eigenvalue weighted by Crippen LogP contribution is 2.32. The zero-order chi connectivity index (χ0) is 13.7. The normalized spacial score (nSPS) is 14.7. The second-order valence-electron chi connectivity index (χ2n) is 5.06. The molecule has 1 aliphatic rings. The van der Waals surface area contributed by atoms with E-state index in [2.05, 4.69) is 4.98 Å². The van der Waals surface area contributed by atoms with Gasteiger partial charge in [-0.1, -0.05) is 6.07 Å². The zero-order valence-corrected chi connectivity index (χ0v) is 11.5. The second kappa shape index (κ2) is 4.38. The van der Waals surface area contributed by atoms with Crippen molar-refractivity contribution in [3.8, 4) is 11.3 Å². The van der Waals surface area contributed by atoms with Crippen LogP contribution < -0.4 is 0 Å². The molecular formula is C15H12F2N2S. The van der Waals surface area contributed by atoms with E-state index in [9.17, 15) is 8.78 Å². The molecule has 0 spiro atoms. The largest absolute Gasteiger partial charge is 0.294 e. The van der Waals surface area contributed by atoms with Crippen LogP contribution in [0, 0.1) is 11.6 Å². The first-order valence-electron chi connectivity index (χ1n) is 6.68. The average Bonchev–Trinajstić information content (AvgIpc) is 2.99. The van der Waals surface area contributed by atoms with Crippen LogP contribution in [-0.2, 0) is 12.8 Å². The van der Waals surface area contributed by atoms with Gasteiger partial charge in [0, 0.05) is 22.3 Å². The number of nitrogens with zero attached hydrogens (tertiary/aromatic N) is 2. The molecule has 2 nitrogen and oxygen atoms in total. The molecule has 0 atom stereocenters. The molecule has 1 aromatic carbocycles. The van der Waals surface area contributed by atoms with E-state index in [0.29, 0.717) is 5.69 Å². The Labute approximate surface area is 118 Å². The number of aromatic nitrogens is 2. The number of thiazole rings is 1. The standard InChI is InChI=1S/C15H12F2N2S/c16-10-5-3-4-9(14(10)17)11-8-19-12-6-1-2-7-13(12)20-15(19)18-11/h3-5,8H,1-2,6-7H2. The summed E-state index contributed by atoms with van der Waals surface area (Å²) < 4.78 is 29.2. The minimum atomic E-state index is -0.833. The highest BCUT2D eigenvalue weighted by atomic mass is 32.1. The Morgan fingerprint density at radius 3 is 2.90 bits per heavy atom. The van der Waals surface area contributed by atoms with Gasteiger partial charge in [0.1, 0.15) is 0 Å². The molecule has 0 unspecified atom stereocenters. The van der Waals surface area contributed by atoms with Crippen LogP contribution in [0.4, 0.5) is 8.78 Å². The predicted octanol–water partition coefficient (Wildman–Crippen LogP) is 4.22. The van der Waals surface area contributed by atoms with Crippen molar-refractivity contribution >= 4 is 16.3 Å².